The summed E-state index contributed by atoms with van der Waals surface area (Å²) in [6.45, 7) is 6.71. The highest BCUT2D eigenvalue weighted by molar-refractivity contribution is 6.50. The summed E-state index contributed by atoms with van der Waals surface area (Å²) in [5.41, 5.74) is 3.99. The molecule has 2 rings (SSSR count). The molecule has 0 fully saturated rings. The van der Waals surface area contributed by atoms with Gasteiger partial charge in [0.2, 0.25) is 0 Å². The van der Waals surface area contributed by atoms with E-state index in [-0.39, 0.29) is 0 Å². The lowest BCUT2D eigenvalue weighted by Gasteiger charge is -2.20. The molecule has 1 aromatic rings. The summed E-state index contributed by atoms with van der Waals surface area (Å²) in [4.78, 5) is 0. The monoisotopic (exact) mass is 220 g/mol. The first kappa shape index (κ1) is 10.8. The summed E-state index contributed by atoms with van der Waals surface area (Å²) in [5, 5.41) is 0.968. The minimum Gasteiger partial charge on any atom is -0.0837 e. The highest BCUT2D eigenvalue weighted by Crippen LogP contribution is 2.47. The first-order chi connectivity index (χ1) is 7.16. The van der Waals surface area contributed by atoms with Crippen molar-refractivity contribution in [3.63, 3.8) is 0 Å². The molecule has 0 radical (unpaired) electrons. The van der Waals surface area contributed by atoms with Gasteiger partial charge in [0.15, 0.2) is 0 Å². The largest absolute Gasteiger partial charge is 0.0837 e. The summed E-state index contributed by atoms with van der Waals surface area (Å²) >= 11 is 6.37. The normalized spacial score (nSPS) is 21.7. The molecule has 0 amide bonds. The Balaban J connectivity index is 2.51. The lowest BCUT2D eigenvalue weighted by Crippen LogP contribution is -2.07. The fraction of sp³-hybridized carbons (Fsp3) is 0.429. The van der Waals surface area contributed by atoms with Gasteiger partial charge in [-0.2, -0.15) is 0 Å². The number of halogens is 1. The Morgan fingerprint density at radius 3 is 2.67 bits per heavy atom. The van der Waals surface area contributed by atoms with E-state index in [4.69, 9.17) is 11.6 Å². The molecule has 0 nitrogen and oxygen atoms in total. The smallest absolute Gasteiger partial charge is 0.0476 e. The molecule has 0 heterocycles. The van der Waals surface area contributed by atoms with Gasteiger partial charge in [0.05, 0.1) is 0 Å². The van der Waals surface area contributed by atoms with E-state index in [1.54, 1.807) is 0 Å². The van der Waals surface area contributed by atoms with Gasteiger partial charge in [-0.1, -0.05) is 56.1 Å². The van der Waals surface area contributed by atoms with Crippen LogP contribution in [0.3, 0.4) is 0 Å². The molecule has 15 heavy (non-hydrogen) atoms. The second kappa shape index (κ2) is 4.02. The van der Waals surface area contributed by atoms with Gasteiger partial charge in [0, 0.05) is 11.0 Å². The van der Waals surface area contributed by atoms with Gasteiger partial charge >= 0.3 is 0 Å². The van der Waals surface area contributed by atoms with Gasteiger partial charge in [-0.25, -0.2) is 0 Å². The van der Waals surface area contributed by atoms with Crippen LogP contribution in [0.25, 0.3) is 5.03 Å². The van der Waals surface area contributed by atoms with Crippen LogP contribution in [0.4, 0.5) is 0 Å². The van der Waals surface area contributed by atoms with Crippen molar-refractivity contribution in [2.75, 3.05) is 0 Å². The van der Waals surface area contributed by atoms with Crippen LogP contribution in [0.1, 0.15) is 44.2 Å². The molecule has 2 unspecified atom stereocenters. The van der Waals surface area contributed by atoms with Crippen molar-refractivity contribution in [2.24, 2.45) is 5.92 Å². The third kappa shape index (κ3) is 1.61. The molecule has 1 aromatic carbocycles. The van der Waals surface area contributed by atoms with E-state index >= 15 is 0 Å². The summed E-state index contributed by atoms with van der Waals surface area (Å²) < 4.78 is 0. The quantitative estimate of drug-likeness (QED) is 0.672. The van der Waals surface area contributed by atoms with Crippen molar-refractivity contribution < 1.29 is 0 Å². The maximum absolute atomic E-state index is 6.37. The molecule has 80 valence electrons. The van der Waals surface area contributed by atoms with Crippen molar-refractivity contribution in [3.05, 3.63) is 41.0 Å². The minimum atomic E-state index is 0.527. The van der Waals surface area contributed by atoms with Crippen LogP contribution in [0.5, 0.6) is 0 Å². The molecule has 1 aliphatic carbocycles. The number of allylic oxidation sites excluding steroid dienone is 1. The van der Waals surface area contributed by atoms with Crippen LogP contribution in [-0.4, -0.2) is 0 Å². The van der Waals surface area contributed by atoms with E-state index < -0.39 is 0 Å². The molecule has 0 saturated carbocycles. The zero-order chi connectivity index (χ0) is 11.0. The molecule has 0 N–H and O–H groups in total. The third-order valence-corrected chi connectivity index (χ3v) is 4.06. The van der Waals surface area contributed by atoms with E-state index in [1.807, 2.05) is 0 Å². The standard InChI is InChI=1S/C14H17Cl/c1-4-9(2)13-10(3)14(15)12-8-6-5-7-11(12)13/h5-9,13H,4H2,1-3H3. The molecule has 0 aromatic heterocycles. The van der Waals surface area contributed by atoms with Gasteiger partial charge in [-0.15, -0.1) is 0 Å². The minimum absolute atomic E-state index is 0.527. The molecule has 0 bridgehead atoms. The Labute approximate surface area is 97.0 Å². The number of hydrogen-bond donors (Lipinski definition) is 0. The number of benzene rings is 1. The average Bonchev–Trinajstić information content (AvgIpc) is 2.52. The van der Waals surface area contributed by atoms with Crippen molar-refractivity contribution >= 4 is 16.6 Å². The Hall–Kier alpha value is -0.750. The van der Waals surface area contributed by atoms with Crippen LogP contribution in [-0.2, 0) is 0 Å². The Bertz CT molecular complexity index is 404. The Morgan fingerprint density at radius 2 is 2.00 bits per heavy atom. The highest BCUT2D eigenvalue weighted by Gasteiger charge is 2.30. The van der Waals surface area contributed by atoms with Crippen molar-refractivity contribution in [3.8, 4) is 0 Å². The number of hydrogen-bond acceptors (Lipinski definition) is 0. The van der Waals surface area contributed by atoms with Gasteiger partial charge in [-0.05, 0) is 29.5 Å². The molecular weight excluding hydrogens is 204 g/mol. The summed E-state index contributed by atoms with van der Waals surface area (Å²) in [7, 11) is 0. The summed E-state index contributed by atoms with van der Waals surface area (Å²) in [6.07, 6.45) is 1.19. The van der Waals surface area contributed by atoms with Crippen LogP contribution >= 0.6 is 11.6 Å². The topological polar surface area (TPSA) is 0 Å². The van der Waals surface area contributed by atoms with Gasteiger partial charge < -0.3 is 0 Å². The summed E-state index contributed by atoms with van der Waals surface area (Å²) in [6, 6.07) is 8.51. The van der Waals surface area contributed by atoms with Crippen LogP contribution in [0.2, 0.25) is 0 Å². The van der Waals surface area contributed by atoms with Crippen LogP contribution in [0.15, 0.2) is 29.8 Å². The first-order valence-electron chi connectivity index (χ1n) is 5.62. The fourth-order valence-electron chi connectivity index (χ4n) is 2.52. The van der Waals surface area contributed by atoms with E-state index in [1.165, 1.54) is 23.1 Å². The molecule has 0 aliphatic heterocycles. The average molecular weight is 221 g/mol. The van der Waals surface area contributed by atoms with Crippen molar-refractivity contribution in [2.45, 2.75) is 33.1 Å². The molecular formula is C14H17Cl. The van der Waals surface area contributed by atoms with Crippen LogP contribution in [0, 0.1) is 5.92 Å². The lowest BCUT2D eigenvalue weighted by molar-refractivity contribution is 0.496. The Kier molecular flexibility index (Phi) is 2.88. The van der Waals surface area contributed by atoms with E-state index in [2.05, 4.69) is 45.0 Å². The maximum Gasteiger partial charge on any atom is 0.0476 e. The molecule has 1 aliphatic rings. The van der Waals surface area contributed by atoms with Gasteiger partial charge in [0.25, 0.3) is 0 Å². The predicted molar refractivity (Wildman–Crippen MR) is 67.1 cm³/mol. The lowest BCUT2D eigenvalue weighted by atomic mass is 9.84. The summed E-state index contributed by atoms with van der Waals surface area (Å²) in [5.74, 6) is 1.20. The number of fused-ring (bicyclic) bond motifs is 1. The highest BCUT2D eigenvalue weighted by atomic mass is 35.5. The van der Waals surface area contributed by atoms with Crippen LogP contribution < -0.4 is 0 Å². The van der Waals surface area contributed by atoms with E-state index in [0.29, 0.717) is 11.8 Å². The van der Waals surface area contributed by atoms with E-state index in [9.17, 15) is 0 Å². The molecule has 2 atom stereocenters. The predicted octanol–water partition coefficient (Wildman–Crippen LogP) is 4.80. The van der Waals surface area contributed by atoms with Crippen molar-refractivity contribution in [1.82, 2.24) is 0 Å². The molecule has 0 spiro atoms. The zero-order valence-electron chi connectivity index (χ0n) is 9.55. The maximum atomic E-state index is 6.37. The van der Waals surface area contributed by atoms with Gasteiger partial charge in [0.1, 0.15) is 0 Å². The fourth-order valence-corrected chi connectivity index (χ4v) is 2.81. The SMILES string of the molecule is CCC(C)C1C(C)=C(Cl)c2ccccc21. The third-order valence-electron chi connectivity index (χ3n) is 3.56. The second-order valence-electron chi connectivity index (χ2n) is 4.45. The Morgan fingerprint density at radius 1 is 1.33 bits per heavy atom. The van der Waals surface area contributed by atoms with Crippen molar-refractivity contribution in [1.29, 1.82) is 0 Å². The van der Waals surface area contributed by atoms with Gasteiger partial charge in [-0.3, -0.25) is 0 Å². The first-order valence-corrected chi connectivity index (χ1v) is 6.00. The number of rotatable bonds is 2. The second-order valence-corrected chi connectivity index (χ2v) is 4.83. The molecule has 0 saturated heterocycles. The van der Waals surface area contributed by atoms with E-state index in [0.717, 1.165) is 5.03 Å². The molecule has 1 heteroatoms. The zero-order valence-corrected chi connectivity index (χ0v) is 10.3.